The Morgan fingerprint density at radius 3 is 2.44 bits per heavy atom. The van der Waals surface area contributed by atoms with E-state index in [9.17, 15) is 14.0 Å². The van der Waals surface area contributed by atoms with Crippen molar-refractivity contribution in [3.8, 4) is 0 Å². The van der Waals surface area contributed by atoms with E-state index in [1.807, 2.05) is 0 Å². The summed E-state index contributed by atoms with van der Waals surface area (Å²) >= 11 is 0. The molecule has 0 N–H and O–H groups in total. The first-order valence-electron chi connectivity index (χ1n) is 8.65. The molecule has 2 amide bonds. The third kappa shape index (κ3) is 3.67. The molecule has 7 heteroatoms. The Balaban J connectivity index is 1.81. The summed E-state index contributed by atoms with van der Waals surface area (Å²) in [5.41, 5.74) is 0.697. The Bertz CT molecular complexity index is 629. The van der Waals surface area contributed by atoms with Gasteiger partial charge in [-0.1, -0.05) is 19.1 Å². The molecule has 0 saturated carbocycles. The fourth-order valence-corrected chi connectivity index (χ4v) is 3.44. The molecule has 0 aromatic heterocycles. The van der Waals surface area contributed by atoms with Gasteiger partial charge in [0.25, 0.3) is 5.91 Å². The summed E-state index contributed by atoms with van der Waals surface area (Å²) < 4.78 is 18.9. The van der Waals surface area contributed by atoms with Crippen LogP contribution in [0.15, 0.2) is 24.3 Å². The van der Waals surface area contributed by atoms with E-state index in [0.717, 1.165) is 19.6 Å². The molecule has 1 aromatic rings. The van der Waals surface area contributed by atoms with Crippen LogP contribution < -0.4 is 0 Å². The fraction of sp³-hybridized carbons (Fsp3) is 0.556. The zero-order chi connectivity index (χ0) is 18.0. The quantitative estimate of drug-likeness (QED) is 0.813. The number of ether oxygens (including phenoxy) is 1. The van der Waals surface area contributed by atoms with Gasteiger partial charge in [0, 0.05) is 33.2 Å². The molecule has 0 bridgehead atoms. The van der Waals surface area contributed by atoms with Crippen molar-refractivity contribution in [1.82, 2.24) is 14.7 Å². The Morgan fingerprint density at radius 1 is 1.20 bits per heavy atom. The van der Waals surface area contributed by atoms with E-state index < -0.39 is 12.1 Å². The van der Waals surface area contributed by atoms with Crippen LogP contribution in [0.1, 0.15) is 18.5 Å². The van der Waals surface area contributed by atoms with Gasteiger partial charge in [-0.05, 0) is 24.2 Å². The molecule has 25 heavy (non-hydrogen) atoms. The van der Waals surface area contributed by atoms with Crippen molar-refractivity contribution >= 4 is 11.8 Å². The van der Waals surface area contributed by atoms with Gasteiger partial charge >= 0.3 is 0 Å². The molecule has 2 atom stereocenters. The zero-order valence-electron chi connectivity index (χ0n) is 14.7. The lowest BCUT2D eigenvalue weighted by Gasteiger charge is -2.42. The van der Waals surface area contributed by atoms with Gasteiger partial charge in [0.1, 0.15) is 12.4 Å². The van der Waals surface area contributed by atoms with E-state index in [4.69, 9.17) is 4.74 Å². The van der Waals surface area contributed by atoms with Crippen LogP contribution in [0.3, 0.4) is 0 Å². The van der Waals surface area contributed by atoms with Crippen molar-refractivity contribution in [1.29, 1.82) is 0 Å². The average Bonchev–Trinajstić information content (AvgIpc) is 2.64. The first-order valence-corrected chi connectivity index (χ1v) is 8.65. The number of carbonyl (C=O) groups excluding carboxylic acids is 2. The van der Waals surface area contributed by atoms with Crippen LogP contribution in [0.25, 0.3) is 0 Å². The van der Waals surface area contributed by atoms with E-state index in [1.54, 1.807) is 24.1 Å². The number of piperazine rings is 1. The third-order valence-electron chi connectivity index (χ3n) is 5.07. The summed E-state index contributed by atoms with van der Waals surface area (Å²) in [6, 6.07) is 5.34. The van der Waals surface area contributed by atoms with E-state index in [-0.39, 0.29) is 24.2 Å². The van der Waals surface area contributed by atoms with Gasteiger partial charge in [-0.2, -0.15) is 0 Å². The van der Waals surface area contributed by atoms with Gasteiger partial charge in [-0.15, -0.1) is 0 Å². The summed E-state index contributed by atoms with van der Waals surface area (Å²) in [4.78, 5) is 30.7. The Kier molecular flexibility index (Phi) is 5.34. The molecular formula is C18H24FN3O3. The van der Waals surface area contributed by atoms with Gasteiger partial charge in [0.15, 0.2) is 6.10 Å². The molecule has 3 rings (SSSR count). The number of likely N-dealkylation sites (N-methyl/N-ethyl adjacent to an activating group) is 2. The minimum Gasteiger partial charge on any atom is -0.356 e. The van der Waals surface area contributed by atoms with Crippen molar-refractivity contribution < 1.29 is 18.7 Å². The highest BCUT2D eigenvalue weighted by Crippen LogP contribution is 2.30. The van der Waals surface area contributed by atoms with Crippen molar-refractivity contribution in [2.45, 2.75) is 19.1 Å². The second-order valence-corrected chi connectivity index (χ2v) is 6.49. The van der Waals surface area contributed by atoms with Gasteiger partial charge in [0.2, 0.25) is 5.91 Å². The van der Waals surface area contributed by atoms with Crippen LogP contribution in [0, 0.1) is 5.82 Å². The fourth-order valence-electron chi connectivity index (χ4n) is 3.44. The van der Waals surface area contributed by atoms with Crippen molar-refractivity contribution in [2.75, 3.05) is 46.4 Å². The highest BCUT2D eigenvalue weighted by molar-refractivity contribution is 5.86. The molecule has 0 aliphatic carbocycles. The second-order valence-electron chi connectivity index (χ2n) is 6.49. The number of halogens is 1. The smallest absolute Gasteiger partial charge is 0.254 e. The molecule has 0 radical (unpaired) electrons. The maximum atomic E-state index is 13.3. The van der Waals surface area contributed by atoms with Crippen LogP contribution in [-0.4, -0.2) is 79.0 Å². The number of nitrogens with zero attached hydrogens (tertiary/aromatic N) is 3. The van der Waals surface area contributed by atoms with Crippen LogP contribution in [-0.2, 0) is 14.3 Å². The minimum atomic E-state index is -0.763. The largest absolute Gasteiger partial charge is 0.356 e. The predicted molar refractivity (Wildman–Crippen MR) is 90.3 cm³/mol. The summed E-state index contributed by atoms with van der Waals surface area (Å²) in [5, 5.41) is 0. The number of carbonyl (C=O) groups is 2. The van der Waals surface area contributed by atoms with Gasteiger partial charge in [0.05, 0.1) is 6.04 Å². The highest BCUT2D eigenvalue weighted by atomic mass is 19.1. The van der Waals surface area contributed by atoms with Crippen LogP contribution >= 0.6 is 0 Å². The standard InChI is InChI=1S/C18H24FN3O3/c1-3-21-8-10-22(11-9-21)18(24)17-16(20(2)15(23)12-25-17)13-4-6-14(19)7-5-13/h4-7,16-17H,3,8-12H2,1-2H3/t16-,17+/m1/s1. The summed E-state index contributed by atoms with van der Waals surface area (Å²) in [6.45, 7) is 5.94. The van der Waals surface area contributed by atoms with E-state index in [1.165, 1.54) is 17.0 Å². The number of hydrogen-bond acceptors (Lipinski definition) is 4. The molecule has 0 spiro atoms. The molecule has 2 saturated heterocycles. The average molecular weight is 349 g/mol. The van der Waals surface area contributed by atoms with E-state index >= 15 is 0 Å². The third-order valence-corrected chi connectivity index (χ3v) is 5.07. The van der Waals surface area contributed by atoms with Crippen molar-refractivity contribution in [3.05, 3.63) is 35.6 Å². The Hall–Kier alpha value is -1.99. The molecule has 1 aromatic carbocycles. The van der Waals surface area contributed by atoms with E-state index in [2.05, 4.69) is 11.8 Å². The SMILES string of the molecule is CCN1CCN(C(=O)[C@H]2OCC(=O)N(C)[C@@H]2c2ccc(F)cc2)CC1. The van der Waals surface area contributed by atoms with E-state index in [0.29, 0.717) is 18.7 Å². The van der Waals surface area contributed by atoms with Crippen LogP contribution in [0.2, 0.25) is 0 Å². The number of morpholine rings is 1. The molecule has 2 fully saturated rings. The molecule has 2 aliphatic heterocycles. The first kappa shape index (κ1) is 17.8. The first-order chi connectivity index (χ1) is 12.0. The maximum Gasteiger partial charge on any atom is 0.254 e. The molecule has 2 aliphatic rings. The van der Waals surface area contributed by atoms with Crippen LogP contribution in [0.5, 0.6) is 0 Å². The summed E-state index contributed by atoms with van der Waals surface area (Å²) in [7, 11) is 1.66. The monoisotopic (exact) mass is 349 g/mol. The van der Waals surface area contributed by atoms with Crippen molar-refractivity contribution in [3.63, 3.8) is 0 Å². The molecular weight excluding hydrogens is 325 g/mol. The van der Waals surface area contributed by atoms with Gasteiger partial charge < -0.3 is 19.4 Å². The number of rotatable bonds is 3. The van der Waals surface area contributed by atoms with Gasteiger partial charge in [-0.25, -0.2) is 4.39 Å². The molecule has 6 nitrogen and oxygen atoms in total. The topological polar surface area (TPSA) is 53.1 Å². The second kappa shape index (κ2) is 7.49. The Labute approximate surface area is 147 Å². The predicted octanol–water partition coefficient (Wildman–Crippen LogP) is 0.888. The number of hydrogen-bond donors (Lipinski definition) is 0. The lowest BCUT2D eigenvalue weighted by molar-refractivity contribution is -0.168. The molecule has 0 unspecified atom stereocenters. The number of benzene rings is 1. The lowest BCUT2D eigenvalue weighted by Crippen LogP contribution is -2.57. The normalized spacial score (nSPS) is 25.3. The molecule has 136 valence electrons. The highest BCUT2D eigenvalue weighted by Gasteiger charge is 2.42. The maximum absolute atomic E-state index is 13.3. The Morgan fingerprint density at radius 2 is 1.84 bits per heavy atom. The van der Waals surface area contributed by atoms with Gasteiger partial charge in [-0.3, -0.25) is 9.59 Å². The molecule has 2 heterocycles. The van der Waals surface area contributed by atoms with Crippen molar-refractivity contribution in [2.24, 2.45) is 0 Å². The minimum absolute atomic E-state index is 0.107. The zero-order valence-corrected chi connectivity index (χ0v) is 14.7. The van der Waals surface area contributed by atoms with Crippen LogP contribution in [0.4, 0.5) is 4.39 Å². The summed E-state index contributed by atoms with van der Waals surface area (Å²) in [5.74, 6) is -0.647. The lowest BCUT2D eigenvalue weighted by atomic mass is 9.97. The summed E-state index contributed by atoms with van der Waals surface area (Å²) in [6.07, 6.45) is -0.763. The number of amides is 2.